The smallest absolute Gasteiger partial charge is 0.157 e. The molecule has 0 saturated heterocycles. The van der Waals surface area contributed by atoms with Crippen LogP contribution in [0.25, 0.3) is 0 Å². The van der Waals surface area contributed by atoms with E-state index >= 15 is 0 Å². The summed E-state index contributed by atoms with van der Waals surface area (Å²) in [7, 11) is 1.85. The molecule has 4 N–H and O–H groups in total. The van der Waals surface area contributed by atoms with Gasteiger partial charge in [-0.05, 0) is 98.7 Å². The Labute approximate surface area is 176 Å². The second-order valence-electron chi connectivity index (χ2n) is 10.7. The van der Waals surface area contributed by atoms with Crippen LogP contribution in [0.2, 0.25) is 0 Å². The van der Waals surface area contributed by atoms with Crippen molar-refractivity contribution in [1.82, 2.24) is 5.01 Å². The first-order valence-electron chi connectivity index (χ1n) is 11.9. The highest BCUT2D eigenvalue weighted by Gasteiger charge is 2.58. The molecule has 4 fully saturated rings. The monoisotopic (exact) mass is 403 g/mol. The summed E-state index contributed by atoms with van der Waals surface area (Å²) in [6.07, 6.45) is 14.7. The summed E-state index contributed by atoms with van der Waals surface area (Å²) in [6, 6.07) is 0. The molecule has 0 aromatic heterocycles. The molecule has 0 radical (unpaired) electrons. The molecule has 0 heterocycles. The predicted octanol–water partition coefficient (Wildman–Crippen LogP) is 3.69. The molecule has 8 atom stereocenters. The molecule has 0 aromatic rings. The molecule has 0 aromatic carbocycles. The van der Waals surface area contributed by atoms with E-state index in [0.717, 1.165) is 48.5 Å². The number of carbonyl (C=O) groups excluding carboxylic acids is 1. The van der Waals surface area contributed by atoms with Crippen LogP contribution in [0.4, 0.5) is 0 Å². The molecule has 0 aliphatic heterocycles. The van der Waals surface area contributed by atoms with E-state index in [0.29, 0.717) is 5.78 Å². The number of nitrogens with zero attached hydrogens (tertiary/aromatic N) is 1. The van der Waals surface area contributed by atoms with Crippen molar-refractivity contribution in [3.05, 3.63) is 12.4 Å². The Balaban J connectivity index is 1.43. The van der Waals surface area contributed by atoms with Gasteiger partial charge in [0.25, 0.3) is 0 Å². The number of methoxy groups -OCH3 is 1. The molecule has 4 saturated carbocycles. The Kier molecular flexibility index (Phi) is 6.27. The van der Waals surface area contributed by atoms with Crippen LogP contribution in [0.15, 0.2) is 12.4 Å². The Morgan fingerprint density at radius 2 is 1.90 bits per heavy atom. The van der Waals surface area contributed by atoms with Crippen LogP contribution >= 0.6 is 0 Å². The summed E-state index contributed by atoms with van der Waals surface area (Å²) in [6.45, 7) is 3.64. The van der Waals surface area contributed by atoms with Gasteiger partial charge in [0.1, 0.15) is 0 Å². The number of rotatable bonds is 6. The average molecular weight is 404 g/mol. The lowest BCUT2D eigenvalue weighted by atomic mass is 9.49. The maximum absolute atomic E-state index is 13.1. The minimum absolute atomic E-state index is 0.167. The largest absolute Gasteiger partial charge is 0.403 e. The van der Waals surface area contributed by atoms with E-state index in [2.05, 4.69) is 6.92 Å². The lowest BCUT2D eigenvalue weighted by molar-refractivity contribution is -0.131. The Morgan fingerprint density at radius 1 is 1.10 bits per heavy atom. The first-order valence-corrected chi connectivity index (χ1v) is 11.9. The summed E-state index contributed by atoms with van der Waals surface area (Å²) < 4.78 is 5.46. The number of hydrogen-bond acceptors (Lipinski definition) is 5. The summed E-state index contributed by atoms with van der Waals surface area (Å²) in [5, 5.41) is 1.44. The third kappa shape index (κ3) is 3.85. The Hall–Kier alpha value is -1.07. The fourth-order valence-electron chi connectivity index (χ4n) is 8.32. The zero-order chi connectivity index (χ0) is 20.6. The zero-order valence-electron chi connectivity index (χ0n) is 18.4. The van der Waals surface area contributed by atoms with Crippen molar-refractivity contribution in [2.45, 2.75) is 64.7 Å². The van der Waals surface area contributed by atoms with Crippen molar-refractivity contribution in [2.24, 2.45) is 58.4 Å². The van der Waals surface area contributed by atoms with Gasteiger partial charge in [-0.15, -0.1) is 0 Å². The molecule has 0 bridgehead atoms. The fourth-order valence-corrected chi connectivity index (χ4v) is 8.32. The number of ketones is 1. The molecule has 5 nitrogen and oxygen atoms in total. The third-order valence-corrected chi connectivity index (χ3v) is 9.47. The van der Waals surface area contributed by atoms with Crippen LogP contribution in [-0.2, 0) is 9.53 Å². The number of carbonyl (C=O) groups is 1. The molecule has 0 spiro atoms. The van der Waals surface area contributed by atoms with Gasteiger partial charge in [0, 0.05) is 32.0 Å². The number of fused-ring (bicyclic) bond motifs is 5. The van der Waals surface area contributed by atoms with E-state index < -0.39 is 0 Å². The highest BCUT2D eigenvalue weighted by Crippen LogP contribution is 2.64. The Bertz CT molecular complexity index is 623. The van der Waals surface area contributed by atoms with Crippen molar-refractivity contribution >= 4 is 5.78 Å². The highest BCUT2D eigenvalue weighted by atomic mass is 16.5. The number of hydrogen-bond donors (Lipinski definition) is 2. The van der Waals surface area contributed by atoms with Crippen LogP contribution in [0, 0.1) is 46.8 Å². The first kappa shape index (κ1) is 21.2. The van der Waals surface area contributed by atoms with Gasteiger partial charge in [-0.2, -0.15) is 0 Å². The Morgan fingerprint density at radius 3 is 2.66 bits per heavy atom. The van der Waals surface area contributed by atoms with Gasteiger partial charge in [-0.1, -0.05) is 6.92 Å². The molecule has 8 unspecified atom stereocenters. The lowest BCUT2D eigenvalue weighted by Crippen LogP contribution is -2.50. The molecule has 4 rings (SSSR count). The van der Waals surface area contributed by atoms with Crippen LogP contribution in [-0.4, -0.2) is 31.1 Å². The molecule has 164 valence electrons. The van der Waals surface area contributed by atoms with Gasteiger partial charge >= 0.3 is 0 Å². The van der Waals surface area contributed by atoms with Crippen molar-refractivity contribution in [3.8, 4) is 0 Å². The standard InChI is InChI=1S/C24H41N3O2/c1-24-10-9-19-18-5-3-16(15-29-2)13-17(18)4-6-20(19)21(24)7-8-22(24)23(28)14-27(26)12-11-25/h11-12,16-22H,3-10,13-15,25-26H2,1-2H3/b12-11-. The van der Waals surface area contributed by atoms with Crippen LogP contribution < -0.4 is 11.6 Å². The van der Waals surface area contributed by atoms with Gasteiger partial charge < -0.3 is 15.5 Å². The minimum atomic E-state index is 0.167. The van der Waals surface area contributed by atoms with Crippen molar-refractivity contribution in [3.63, 3.8) is 0 Å². The normalized spacial score (nSPS) is 44.2. The summed E-state index contributed by atoms with van der Waals surface area (Å²) in [4.78, 5) is 13.1. The number of Topliss-reactive ketones (excluding diaryl/α,β-unsaturated/α-hetero) is 1. The van der Waals surface area contributed by atoms with Crippen LogP contribution in [0.3, 0.4) is 0 Å². The van der Waals surface area contributed by atoms with E-state index in [9.17, 15) is 4.79 Å². The topological polar surface area (TPSA) is 81.6 Å². The summed E-state index contributed by atoms with van der Waals surface area (Å²) >= 11 is 0. The molecular formula is C24H41N3O2. The van der Waals surface area contributed by atoms with E-state index in [1.165, 1.54) is 62.6 Å². The lowest BCUT2D eigenvalue weighted by Gasteiger charge is -2.56. The maximum Gasteiger partial charge on any atom is 0.157 e. The zero-order valence-corrected chi connectivity index (χ0v) is 18.4. The van der Waals surface area contributed by atoms with Crippen molar-refractivity contribution in [1.29, 1.82) is 0 Å². The van der Waals surface area contributed by atoms with Gasteiger partial charge in [0.2, 0.25) is 0 Å². The van der Waals surface area contributed by atoms with Crippen molar-refractivity contribution in [2.75, 3.05) is 20.3 Å². The number of hydrazine groups is 1. The van der Waals surface area contributed by atoms with Crippen LogP contribution in [0.1, 0.15) is 64.7 Å². The van der Waals surface area contributed by atoms with E-state index in [4.69, 9.17) is 16.3 Å². The van der Waals surface area contributed by atoms with E-state index in [1.54, 1.807) is 6.20 Å². The fraction of sp³-hybridized carbons (Fsp3) is 0.875. The summed E-state index contributed by atoms with van der Waals surface area (Å²) in [5.41, 5.74) is 5.59. The van der Waals surface area contributed by atoms with Gasteiger partial charge in [-0.25, -0.2) is 5.84 Å². The highest BCUT2D eigenvalue weighted by molar-refractivity contribution is 5.84. The molecule has 29 heavy (non-hydrogen) atoms. The molecule has 4 aliphatic carbocycles. The SMILES string of the molecule is COCC1CCC2C(CCC3C2CCC2(C)C(C(=O)CN(N)/C=C\N)CCC32)C1. The van der Waals surface area contributed by atoms with Gasteiger partial charge in [-0.3, -0.25) is 4.79 Å². The van der Waals surface area contributed by atoms with Gasteiger partial charge in [0.15, 0.2) is 5.78 Å². The van der Waals surface area contributed by atoms with E-state index in [1.807, 2.05) is 7.11 Å². The van der Waals surface area contributed by atoms with Crippen molar-refractivity contribution < 1.29 is 9.53 Å². The maximum atomic E-state index is 13.1. The molecule has 5 heteroatoms. The summed E-state index contributed by atoms with van der Waals surface area (Å²) in [5.74, 6) is 11.5. The van der Waals surface area contributed by atoms with Gasteiger partial charge in [0.05, 0.1) is 6.54 Å². The minimum Gasteiger partial charge on any atom is -0.403 e. The second kappa shape index (κ2) is 8.58. The second-order valence-corrected chi connectivity index (χ2v) is 10.7. The average Bonchev–Trinajstić information content (AvgIpc) is 3.05. The number of nitrogens with two attached hydrogens (primary N) is 2. The molecule has 4 aliphatic rings. The molecular weight excluding hydrogens is 362 g/mol. The van der Waals surface area contributed by atoms with Crippen LogP contribution in [0.5, 0.6) is 0 Å². The quantitative estimate of drug-likeness (QED) is 0.522. The van der Waals surface area contributed by atoms with E-state index in [-0.39, 0.29) is 17.9 Å². The molecule has 0 amide bonds. The predicted molar refractivity (Wildman–Crippen MR) is 115 cm³/mol. The third-order valence-electron chi connectivity index (χ3n) is 9.47. The first-order chi connectivity index (χ1) is 14.0. The number of ether oxygens (including phenoxy) is 1.